The van der Waals surface area contributed by atoms with Crippen molar-refractivity contribution in [1.29, 1.82) is 0 Å². The second-order valence-electron chi connectivity index (χ2n) is 8.71. The zero-order chi connectivity index (χ0) is 22.9. The molecule has 1 N–H and O–H groups in total. The Bertz CT molecular complexity index is 1310. The summed E-state index contributed by atoms with van der Waals surface area (Å²) in [5, 5.41) is 12.5. The summed E-state index contributed by atoms with van der Waals surface area (Å²) in [6.45, 7) is 5.67. The van der Waals surface area contributed by atoms with Crippen molar-refractivity contribution in [2.75, 3.05) is 6.61 Å². The predicted molar refractivity (Wildman–Crippen MR) is 123 cm³/mol. The third-order valence-corrected chi connectivity index (χ3v) is 5.03. The lowest BCUT2D eigenvalue weighted by atomic mass is 10.1. The van der Waals surface area contributed by atoms with Crippen molar-refractivity contribution in [3.8, 4) is 5.75 Å². The summed E-state index contributed by atoms with van der Waals surface area (Å²) in [6, 6.07) is 19.4. The van der Waals surface area contributed by atoms with Gasteiger partial charge in [0.2, 0.25) is 0 Å². The molecule has 4 rings (SSSR count). The minimum Gasteiger partial charge on any atom is -0.482 e. The standard InChI is InChI=1S/C26H25NO5/c1-26(2,3)32-24(28)16-31-20-10-11-21-22(25(29)30)15-27(23(21)13-20)14-17-8-9-18-6-4-5-7-19(18)12-17/h4-13,15H,14,16H2,1-3H3,(H,29,30). The monoisotopic (exact) mass is 431 g/mol. The molecule has 0 spiro atoms. The Morgan fingerprint density at radius 3 is 2.44 bits per heavy atom. The number of carbonyl (C=O) groups excluding carboxylic acids is 1. The van der Waals surface area contributed by atoms with Gasteiger partial charge in [-0.15, -0.1) is 0 Å². The van der Waals surface area contributed by atoms with Gasteiger partial charge in [-0.3, -0.25) is 0 Å². The van der Waals surface area contributed by atoms with E-state index in [1.54, 1.807) is 45.2 Å². The Kier molecular flexibility index (Phi) is 5.61. The molecule has 6 heteroatoms. The fourth-order valence-corrected chi connectivity index (χ4v) is 3.71. The van der Waals surface area contributed by atoms with Gasteiger partial charge in [0.25, 0.3) is 0 Å². The smallest absolute Gasteiger partial charge is 0.344 e. The third-order valence-electron chi connectivity index (χ3n) is 5.03. The van der Waals surface area contributed by atoms with Gasteiger partial charge in [0, 0.05) is 24.2 Å². The number of hydrogen-bond donors (Lipinski definition) is 1. The van der Waals surface area contributed by atoms with E-state index in [9.17, 15) is 14.7 Å². The van der Waals surface area contributed by atoms with Crippen molar-refractivity contribution in [2.45, 2.75) is 32.9 Å². The molecule has 0 fully saturated rings. The molecule has 0 saturated carbocycles. The van der Waals surface area contributed by atoms with Crippen molar-refractivity contribution in [3.63, 3.8) is 0 Å². The number of rotatable bonds is 6. The number of fused-ring (bicyclic) bond motifs is 2. The number of hydrogen-bond acceptors (Lipinski definition) is 4. The summed E-state index contributed by atoms with van der Waals surface area (Å²) in [4.78, 5) is 23.8. The van der Waals surface area contributed by atoms with Gasteiger partial charge in [-0.1, -0.05) is 36.4 Å². The number of aromatic carboxylic acids is 1. The molecule has 1 heterocycles. The second-order valence-corrected chi connectivity index (χ2v) is 8.71. The largest absolute Gasteiger partial charge is 0.482 e. The molecule has 0 aliphatic heterocycles. The molecule has 0 atom stereocenters. The number of carboxylic acid groups (broad SMARTS) is 1. The molecule has 3 aromatic carbocycles. The van der Waals surface area contributed by atoms with Gasteiger partial charge >= 0.3 is 11.9 Å². The molecule has 0 unspecified atom stereocenters. The van der Waals surface area contributed by atoms with Crippen molar-refractivity contribution in [2.24, 2.45) is 0 Å². The van der Waals surface area contributed by atoms with Crippen LogP contribution in [0.4, 0.5) is 0 Å². The number of ether oxygens (including phenoxy) is 2. The van der Waals surface area contributed by atoms with E-state index < -0.39 is 17.5 Å². The Morgan fingerprint density at radius 2 is 1.72 bits per heavy atom. The van der Waals surface area contributed by atoms with Crippen LogP contribution in [0.25, 0.3) is 21.7 Å². The van der Waals surface area contributed by atoms with E-state index in [0.717, 1.165) is 21.9 Å². The lowest BCUT2D eigenvalue weighted by Crippen LogP contribution is -2.27. The summed E-state index contributed by atoms with van der Waals surface area (Å²) >= 11 is 0. The van der Waals surface area contributed by atoms with Gasteiger partial charge in [0.05, 0.1) is 11.1 Å². The van der Waals surface area contributed by atoms with Crippen LogP contribution in [0.1, 0.15) is 36.7 Å². The normalized spacial score (nSPS) is 11.6. The van der Waals surface area contributed by atoms with Crippen LogP contribution in [0.5, 0.6) is 5.75 Å². The first-order valence-corrected chi connectivity index (χ1v) is 10.4. The highest BCUT2D eigenvalue weighted by molar-refractivity contribution is 6.03. The first-order valence-electron chi connectivity index (χ1n) is 10.4. The third kappa shape index (κ3) is 4.75. The van der Waals surface area contributed by atoms with Crippen molar-refractivity contribution < 1.29 is 24.2 Å². The Balaban J connectivity index is 1.64. The highest BCUT2D eigenvalue weighted by Crippen LogP contribution is 2.28. The topological polar surface area (TPSA) is 77.8 Å². The van der Waals surface area contributed by atoms with E-state index in [4.69, 9.17) is 9.47 Å². The molecule has 4 aromatic rings. The lowest BCUT2D eigenvalue weighted by Gasteiger charge is -2.19. The van der Waals surface area contributed by atoms with Gasteiger partial charge in [-0.05, 0) is 55.3 Å². The molecular formula is C26H25NO5. The first-order chi connectivity index (χ1) is 15.2. The maximum Gasteiger partial charge on any atom is 0.344 e. The van der Waals surface area contributed by atoms with E-state index >= 15 is 0 Å². The van der Waals surface area contributed by atoms with Crippen LogP contribution in [0.2, 0.25) is 0 Å². The van der Waals surface area contributed by atoms with E-state index in [0.29, 0.717) is 17.7 Å². The molecule has 1 aromatic heterocycles. The molecule has 164 valence electrons. The van der Waals surface area contributed by atoms with Crippen molar-refractivity contribution >= 4 is 33.6 Å². The predicted octanol–water partition coefficient (Wildman–Crippen LogP) is 5.26. The van der Waals surface area contributed by atoms with Crippen LogP contribution in [0, 0.1) is 0 Å². The van der Waals surface area contributed by atoms with E-state index in [1.165, 1.54) is 0 Å². The van der Waals surface area contributed by atoms with Gasteiger partial charge in [-0.2, -0.15) is 0 Å². The summed E-state index contributed by atoms with van der Waals surface area (Å²) in [5.41, 5.74) is 1.41. The van der Waals surface area contributed by atoms with E-state index in [2.05, 4.69) is 24.3 Å². The Hall–Kier alpha value is -3.80. The van der Waals surface area contributed by atoms with Crippen molar-refractivity contribution in [1.82, 2.24) is 4.57 Å². The maximum absolute atomic E-state index is 12.0. The number of carboxylic acids is 1. The van der Waals surface area contributed by atoms with Crippen LogP contribution >= 0.6 is 0 Å². The zero-order valence-corrected chi connectivity index (χ0v) is 18.3. The number of nitrogens with zero attached hydrogens (tertiary/aromatic N) is 1. The Labute approximate surface area is 186 Å². The van der Waals surface area contributed by atoms with Gasteiger partial charge in [0.1, 0.15) is 11.4 Å². The lowest BCUT2D eigenvalue weighted by molar-refractivity contribution is -0.157. The highest BCUT2D eigenvalue weighted by Gasteiger charge is 2.18. The van der Waals surface area contributed by atoms with Gasteiger partial charge in [0.15, 0.2) is 6.61 Å². The average Bonchev–Trinajstić information content (AvgIpc) is 3.09. The summed E-state index contributed by atoms with van der Waals surface area (Å²) < 4.78 is 12.8. The number of benzene rings is 3. The molecule has 0 amide bonds. The second kappa shape index (κ2) is 8.38. The molecule has 6 nitrogen and oxygen atoms in total. The molecule has 0 saturated heterocycles. The van der Waals surface area contributed by atoms with Crippen LogP contribution in [0.3, 0.4) is 0 Å². The molecule has 0 aliphatic carbocycles. The Morgan fingerprint density at radius 1 is 0.969 bits per heavy atom. The zero-order valence-electron chi connectivity index (χ0n) is 18.3. The quantitative estimate of drug-likeness (QED) is 0.421. The summed E-state index contributed by atoms with van der Waals surface area (Å²) in [7, 11) is 0. The average molecular weight is 431 g/mol. The molecular weight excluding hydrogens is 406 g/mol. The maximum atomic E-state index is 12.0. The van der Waals surface area contributed by atoms with Crippen LogP contribution in [-0.4, -0.2) is 33.8 Å². The minimum atomic E-state index is -0.991. The van der Waals surface area contributed by atoms with Crippen LogP contribution < -0.4 is 4.74 Å². The minimum absolute atomic E-state index is 0.222. The summed E-state index contributed by atoms with van der Waals surface area (Å²) in [6.07, 6.45) is 1.64. The van der Waals surface area contributed by atoms with Crippen LogP contribution in [0.15, 0.2) is 66.9 Å². The summed E-state index contributed by atoms with van der Waals surface area (Å²) in [5.74, 6) is -0.983. The molecule has 0 aliphatic rings. The first kappa shape index (κ1) is 21.4. The molecule has 0 radical (unpaired) electrons. The number of carbonyl (C=O) groups is 2. The van der Waals surface area contributed by atoms with E-state index in [1.807, 2.05) is 22.8 Å². The SMILES string of the molecule is CC(C)(C)OC(=O)COc1ccc2c(C(=O)O)cn(Cc3ccc4ccccc4c3)c2c1. The highest BCUT2D eigenvalue weighted by atomic mass is 16.6. The fourth-order valence-electron chi connectivity index (χ4n) is 3.71. The van der Waals surface area contributed by atoms with Crippen molar-refractivity contribution in [3.05, 3.63) is 78.0 Å². The number of aromatic nitrogens is 1. The van der Waals surface area contributed by atoms with E-state index in [-0.39, 0.29) is 12.2 Å². The van der Waals surface area contributed by atoms with Gasteiger partial charge in [-0.25, -0.2) is 9.59 Å². The van der Waals surface area contributed by atoms with Gasteiger partial charge < -0.3 is 19.1 Å². The number of esters is 1. The van der Waals surface area contributed by atoms with Crippen LogP contribution in [-0.2, 0) is 16.1 Å². The molecule has 0 bridgehead atoms. The molecule has 32 heavy (non-hydrogen) atoms. The fraction of sp³-hybridized carbons (Fsp3) is 0.231.